The van der Waals surface area contributed by atoms with Crippen LogP contribution in [0.1, 0.15) is 18.1 Å². The van der Waals surface area contributed by atoms with Gasteiger partial charge in [0.25, 0.3) is 0 Å². The van der Waals surface area contributed by atoms with Crippen LogP contribution >= 0.6 is 0 Å². The largest absolute Gasteiger partial charge is 0.496 e. The van der Waals surface area contributed by atoms with Gasteiger partial charge in [-0.3, -0.25) is 4.79 Å². The number of carbonyl (C=O) groups is 1. The van der Waals surface area contributed by atoms with Gasteiger partial charge in [-0.05, 0) is 62.2 Å². The quantitative estimate of drug-likeness (QED) is 0.827. The van der Waals surface area contributed by atoms with Crippen molar-refractivity contribution in [3.05, 3.63) is 53.6 Å². The fraction of sp³-hybridized carbons (Fsp3) is 0.278. The monoisotopic (exact) mass is 362 g/mol. The molecule has 2 rings (SSSR count). The molecular weight excluding hydrogens is 340 g/mol. The predicted octanol–water partition coefficient (Wildman–Crippen LogP) is 2.62. The van der Waals surface area contributed by atoms with Gasteiger partial charge in [-0.2, -0.15) is 4.72 Å². The Bertz CT molecular complexity index is 878. The summed E-state index contributed by atoms with van der Waals surface area (Å²) in [6.07, 6.45) is 0. The summed E-state index contributed by atoms with van der Waals surface area (Å²) in [7, 11) is -2.30. The first kappa shape index (κ1) is 19.0. The van der Waals surface area contributed by atoms with E-state index in [4.69, 9.17) is 4.74 Å². The Morgan fingerprint density at radius 1 is 1.12 bits per heavy atom. The molecule has 0 spiro atoms. The zero-order valence-corrected chi connectivity index (χ0v) is 15.5. The molecule has 0 fully saturated rings. The van der Waals surface area contributed by atoms with Crippen LogP contribution in [0.5, 0.6) is 5.75 Å². The van der Waals surface area contributed by atoms with Gasteiger partial charge in [0.05, 0.1) is 18.0 Å². The van der Waals surface area contributed by atoms with E-state index in [9.17, 15) is 13.2 Å². The third-order valence-electron chi connectivity index (χ3n) is 3.69. The molecule has 6 nitrogen and oxygen atoms in total. The predicted molar refractivity (Wildman–Crippen MR) is 97.3 cm³/mol. The highest BCUT2D eigenvalue weighted by atomic mass is 32.2. The standard InChI is InChI=1S/C18H22N2O4S/c1-12-6-5-7-15(10-12)19-18(21)14(3)20-25(22,23)16-8-9-17(24-4)13(2)11-16/h5-11,14,20H,1-4H3,(H,19,21)/t14-/m0/s1. The minimum atomic E-state index is -3.82. The Morgan fingerprint density at radius 2 is 1.84 bits per heavy atom. The summed E-state index contributed by atoms with van der Waals surface area (Å²) in [5.74, 6) is 0.170. The van der Waals surface area contributed by atoms with E-state index in [1.54, 1.807) is 19.1 Å². The van der Waals surface area contributed by atoms with E-state index in [0.717, 1.165) is 5.56 Å². The molecule has 2 aromatic carbocycles. The first-order valence-electron chi connectivity index (χ1n) is 7.77. The van der Waals surface area contributed by atoms with Gasteiger partial charge in [0, 0.05) is 5.69 Å². The lowest BCUT2D eigenvalue weighted by Crippen LogP contribution is -2.41. The molecule has 0 aliphatic carbocycles. The van der Waals surface area contributed by atoms with Crippen LogP contribution in [0.2, 0.25) is 0 Å². The summed E-state index contributed by atoms with van der Waals surface area (Å²) >= 11 is 0. The minimum Gasteiger partial charge on any atom is -0.496 e. The summed E-state index contributed by atoms with van der Waals surface area (Å²) in [5, 5.41) is 2.70. The Kier molecular flexibility index (Phi) is 5.81. The molecule has 0 aromatic heterocycles. The SMILES string of the molecule is COc1ccc(S(=O)(=O)N[C@@H](C)C(=O)Nc2cccc(C)c2)cc1C. The lowest BCUT2D eigenvalue weighted by atomic mass is 10.2. The summed E-state index contributed by atoms with van der Waals surface area (Å²) in [4.78, 5) is 12.3. The maximum Gasteiger partial charge on any atom is 0.242 e. The van der Waals surface area contributed by atoms with E-state index < -0.39 is 22.0 Å². The van der Waals surface area contributed by atoms with E-state index in [-0.39, 0.29) is 4.90 Å². The average Bonchev–Trinajstić information content (AvgIpc) is 2.54. The molecule has 1 amide bonds. The highest BCUT2D eigenvalue weighted by Gasteiger charge is 2.22. The van der Waals surface area contributed by atoms with E-state index >= 15 is 0 Å². The number of methoxy groups -OCH3 is 1. The van der Waals surface area contributed by atoms with Gasteiger partial charge in [0.2, 0.25) is 15.9 Å². The lowest BCUT2D eigenvalue weighted by molar-refractivity contribution is -0.117. The average molecular weight is 362 g/mol. The molecule has 2 N–H and O–H groups in total. The molecule has 0 saturated heterocycles. The second kappa shape index (κ2) is 7.67. The molecule has 0 unspecified atom stereocenters. The number of amides is 1. The Balaban J connectivity index is 2.11. The summed E-state index contributed by atoms with van der Waals surface area (Å²) in [5.41, 5.74) is 2.32. The number of benzene rings is 2. The van der Waals surface area contributed by atoms with Crippen LogP contribution < -0.4 is 14.8 Å². The smallest absolute Gasteiger partial charge is 0.242 e. The van der Waals surface area contributed by atoms with Crippen LogP contribution in [-0.4, -0.2) is 27.5 Å². The van der Waals surface area contributed by atoms with Crippen molar-refractivity contribution < 1.29 is 17.9 Å². The van der Waals surface area contributed by atoms with Gasteiger partial charge in [-0.1, -0.05) is 12.1 Å². The van der Waals surface area contributed by atoms with Crippen LogP contribution in [0, 0.1) is 13.8 Å². The maximum atomic E-state index is 12.5. The molecule has 1 atom stereocenters. The van der Waals surface area contributed by atoms with Crippen molar-refractivity contribution in [3.63, 3.8) is 0 Å². The molecule has 0 aliphatic rings. The van der Waals surface area contributed by atoms with Crippen molar-refractivity contribution in [2.75, 3.05) is 12.4 Å². The zero-order chi connectivity index (χ0) is 18.6. The van der Waals surface area contributed by atoms with E-state index in [0.29, 0.717) is 17.0 Å². The normalized spacial score (nSPS) is 12.5. The molecule has 0 heterocycles. The van der Waals surface area contributed by atoms with Crippen LogP contribution in [-0.2, 0) is 14.8 Å². The number of nitrogens with one attached hydrogen (secondary N) is 2. The Labute approximate surface area is 148 Å². The van der Waals surface area contributed by atoms with Crippen molar-refractivity contribution >= 4 is 21.6 Å². The van der Waals surface area contributed by atoms with Gasteiger partial charge in [-0.25, -0.2) is 8.42 Å². The maximum absolute atomic E-state index is 12.5. The number of sulfonamides is 1. The van der Waals surface area contributed by atoms with E-state index in [1.807, 2.05) is 25.1 Å². The number of anilines is 1. The summed E-state index contributed by atoms with van der Waals surface area (Å²) < 4.78 is 32.5. The first-order chi connectivity index (χ1) is 11.7. The van der Waals surface area contributed by atoms with E-state index in [1.165, 1.54) is 26.2 Å². The number of carbonyl (C=O) groups excluding carboxylic acids is 1. The number of ether oxygens (including phenoxy) is 1. The molecule has 0 aliphatic heterocycles. The van der Waals surface area contributed by atoms with Crippen LogP contribution in [0.4, 0.5) is 5.69 Å². The third-order valence-corrected chi connectivity index (χ3v) is 5.23. The fourth-order valence-corrected chi connectivity index (χ4v) is 3.63. The van der Waals surface area contributed by atoms with Crippen molar-refractivity contribution in [2.24, 2.45) is 0 Å². The molecule has 134 valence electrons. The zero-order valence-electron chi connectivity index (χ0n) is 14.7. The topological polar surface area (TPSA) is 84.5 Å². The minimum absolute atomic E-state index is 0.0843. The molecule has 25 heavy (non-hydrogen) atoms. The van der Waals surface area contributed by atoms with Gasteiger partial charge >= 0.3 is 0 Å². The Morgan fingerprint density at radius 3 is 2.44 bits per heavy atom. The molecule has 0 bridgehead atoms. The van der Waals surface area contributed by atoms with Crippen LogP contribution in [0.15, 0.2) is 47.4 Å². The number of hydrogen-bond donors (Lipinski definition) is 2. The number of rotatable bonds is 6. The van der Waals surface area contributed by atoms with Crippen molar-refractivity contribution in [1.82, 2.24) is 4.72 Å². The molecule has 0 saturated carbocycles. The molecule has 7 heteroatoms. The van der Waals surface area contributed by atoms with Gasteiger partial charge in [0.15, 0.2) is 0 Å². The van der Waals surface area contributed by atoms with Crippen molar-refractivity contribution in [3.8, 4) is 5.75 Å². The van der Waals surface area contributed by atoms with Crippen LogP contribution in [0.25, 0.3) is 0 Å². The summed E-state index contributed by atoms with van der Waals surface area (Å²) in [6, 6.07) is 10.9. The Hall–Kier alpha value is -2.38. The fourth-order valence-electron chi connectivity index (χ4n) is 2.35. The lowest BCUT2D eigenvalue weighted by Gasteiger charge is -2.15. The van der Waals surface area contributed by atoms with E-state index in [2.05, 4.69) is 10.0 Å². The first-order valence-corrected chi connectivity index (χ1v) is 9.26. The van der Waals surface area contributed by atoms with Crippen molar-refractivity contribution in [1.29, 1.82) is 0 Å². The van der Waals surface area contributed by atoms with Gasteiger partial charge in [-0.15, -0.1) is 0 Å². The summed E-state index contributed by atoms with van der Waals surface area (Å²) in [6.45, 7) is 5.17. The molecule has 0 radical (unpaired) electrons. The second-order valence-electron chi connectivity index (χ2n) is 5.83. The molecular formula is C18H22N2O4S. The van der Waals surface area contributed by atoms with Gasteiger partial charge in [0.1, 0.15) is 5.75 Å². The highest BCUT2D eigenvalue weighted by Crippen LogP contribution is 2.21. The van der Waals surface area contributed by atoms with Crippen molar-refractivity contribution in [2.45, 2.75) is 31.7 Å². The van der Waals surface area contributed by atoms with Gasteiger partial charge < -0.3 is 10.1 Å². The number of aryl methyl sites for hydroxylation is 2. The molecule has 2 aromatic rings. The highest BCUT2D eigenvalue weighted by molar-refractivity contribution is 7.89. The van der Waals surface area contributed by atoms with Crippen LogP contribution in [0.3, 0.4) is 0 Å². The number of hydrogen-bond acceptors (Lipinski definition) is 4. The second-order valence-corrected chi connectivity index (χ2v) is 7.55. The third kappa shape index (κ3) is 4.80.